The molecule has 1 atom stereocenters. The highest BCUT2D eigenvalue weighted by Gasteiger charge is 2.36. The lowest BCUT2D eigenvalue weighted by atomic mass is 10.1. The van der Waals surface area contributed by atoms with Gasteiger partial charge in [0.1, 0.15) is 16.8 Å². The number of amidine groups is 1. The van der Waals surface area contributed by atoms with E-state index >= 15 is 0 Å². The van der Waals surface area contributed by atoms with Gasteiger partial charge in [-0.25, -0.2) is 14.2 Å². The molecule has 1 N–H and O–H groups in total. The van der Waals surface area contributed by atoms with Crippen LogP contribution in [0.3, 0.4) is 0 Å². The predicted octanol–water partition coefficient (Wildman–Crippen LogP) is 4.83. The van der Waals surface area contributed by atoms with Crippen molar-refractivity contribution in [3.8, 4) is 11.5 Å². The molecule has 40 heavy (non-hydrogen) atoms. The third-order valence-electron chi connectivity index (χ3n) is 6.15. The quantitative estimate of drug-likeness (QED) is 0.371. The van der Waals surface area contributed by atoms with E-state index in [0.29, 0.717) is 29.2 Å². The Morgan fingerprint density at radius 2 is 1.75 bits per heavy atom. The Hall–Kier alpha value is -4.38. The maximum absolute atomic E-state index is 14.5. The van der Waals surface area contributed by atoms with Crippen LogP contribution < -0.4 is 14.8 Å². The van der Waals surface area contributed by atoms with Gasteiger partial charge in [-0.05, 0) is 60.5 Å². The van der Waals surface area contributed by atoms with E-state index in [-0.39, 0.29) is 29.7 Å². The molecule has 11 heteroatoms. The number of benzene rings is 3. The smallest absolute Gasteiger partial charge is 0.337 e. The minimum atomic E-state index is -0.796. The zero-order valence-electron chi connectivity index (χ0n) is 22.2. The van der Waals surface area contributed by atoms with E-state index in [9.17, 15) is 18.8 Å². The highest BCUT2D eigenvalue weighted by molar-refractivity contribution is 8.15. The van der Waals surface area contributed by atoms with E-state index < -0.39 is 22.9 Å². The first-order valence-corrected chi connectivity index (χ1v) is 13.2. The van der Waals surface area contributed by atoms with Crippen LogP contribution in [0.5, 0.6) is 11.5 Å². The highest BCUT2D eigenvalue weighted by Crippen LogP contribution is 2.32. The number of nitrogens with zero attached hydrogens (tertiary/aromatic N) is 2. The van der Waals surface area contributed by atoms with Gasteiger partial charge in [0.05, 0.1) is 26.9 Å². The van der Waals surface area contributed by atoms with E-state index in [2.05, 4.69) is 15.0 Å². The van der Waals surface area contributed by atoms with Crippen LogP contribution in [0.1, 0.15) is 22.3 Å². The van der Waals surface area contributed by atoms with Gasteiger partial charge in [0, 0.05) is 18.7 Å². The third kappa shape index (κ3) is 6.78. The zero-order valence-corrected chi connectivity index (χ0v) is 23.0. The number of hydrogen-bond acceptors (Lipinski definition) is 8. The van der Waals surface area contributed by atoms with Crippen LogP contribution in [-0.4, -0.2) is 61.0 Å². The second-order valence-electron chi connectivity index (χ2n) is 8.70. The standard InChI is InChI=1S/C29H28FN3O6S/c1-37-23-13-8-18(16-24(23)38-2)14-15-33-26(34)17-25(40-29(33)32-22-7-5-4-6-21(22)30)27(35)31-20-11-9-19(10-12-20)28(36)39-3/h4-13,16,25H,14-15,17H2,1-3H3,(H,31,35)/t25-/m1/s1. The van der Waals surface area contributed by atoms with E-state index in [1.54, 1.807) is 44.6 Å². The summed E-state index contributed by atoms with van der Waals surface area (Å²) in [6, 6.07) is 17.7. The number of ether oxygens (including phenoxy) is 3. The lowest BCUT2D eigenvalue weighted by Crippen LogP contribution is -2.46. The average molecular weight is 566 g/mol. The number of nitrogens with one attached hydrogen (secondary N) is 1. The van der Waals surface area contributed by atoms with Crippen molar-refractivity contribution in [1.29, 1.82) is 0 Å². The van der Waals surface area contributed by atoms with Gasteiger partial charge in [-0.2, -0.15) is 0 Å². The molecule has 9 nitrogen and oxygen atoms in total. The Labute approximate surface area is 235 Å². The van der Waals surface area contributed by atoms with Gasteiger partial charge in [0.25, 0.3) is 0 Å². The molecular formula is C29H28FN3O6S. The van der Waals surface area contributed by atoms with Gasteiger partial charge in [-0.3, -0.25) is 14.5 Å². The molecule has 208 valence electrons. The van der Waals surface area contributed by atoms with Gasteiger partial charge in [-0.15, -0.1) is 0 Å². The predicted molar refractivity (Wildman–Crippen MR) is 151 cm³/mol. The Bertz CT molecular complexity index is 1430. The van der Waals surface area contributed by atoms with E-state index in [1.165, 1.54) is 36.3 Å². The van der Waals surface area contributed by atoms with E-state index in [4.69, 9.17) is 9.47 Å². The molecule has 1 aliphatic rings. The van der Waals surface area contributed by atoms with Crippen LogP contribution in [0.2, 0.25) is 0 Å². The number of methoxy groups -OCH3 is 3. The number of para-hydroxylation sites is 1. The largest absolute Gasteiger partial charge is 0.493 e. The lowest BCUT2D eigenvalue weighted by Gasteiger charge is -2.32. The zero-order chi connectivity index (χ0) is 28.6. The van der Waals surface area contributed by atoms with Crippen molar-refractivity contribution in [2.75, 3.05) is 33.2 Å². The average Bonchev–Trinajstić information content (AvgIpc) is 2.97. The molecule has 1 saturated heterocycles. The number of esters is 1. The van der Waals surface area contributed by atoms with Gasteiger partial charge < -0.3 is 19.5 Å². The summed E-state index contributed by atoms with van der Waals surface area (Å²) >= 11 is 1.09. The van der Waals surface area contributed by atoms with Gasteiger partial charge in [-0.1, -0.05) is 30.0 Å². The Morgan fingerprint density at radius 1 is 1.02 bits per heavy atom. The number of hydrogen-bond donors (Lipinski definition) is 1. The van der Waals surface area contributed by atoms with Gasteiger partial charge in [0.2, 0.25) is 11.8 Å². The van der Waals surface area contributed by atoms with Crippen molar-refractivity contribution in [1.82, 2.24) is 4.90 Å². The van der Waals surface area contributed by atoms with E-state index in [0.717, 1.165) is 17.3 Å². The van der Waals surface area contributed by atoms with Crippen LogP contribution in [0.4, 0.5) is 15.8 Å². The summed E-state index contributed by atoms with van der Waals surface area (Å²) in [5.41, 5.74) is 1.76. The number of anilines is 1. The monoisotopic (exact) mass is 565 g/mol. The summed E-state index contributed by atoms with van der Waals surface area (Å²) < 4.78 is 29.8. The summed E-state index contributed by atoms with van der Waals surface area (Å²) in [5.74, 6) is -0.600. The molecular weight excluding hydrogens is 537 g/mol. The molecule has 0 aromatic heterocycles. The second kappa shape index (κ2) is 13.1. The molecule has 1 fully saturated rings. The van der Waals surface area contributed by atoms with Crippen LogP contribution >= 0.6 is 11.8 Å². The normalized spacial score (nSPS) is 16.0. The Kier molecular flexibility index (Phi) is 9.39. The van der Waals surface area contributed by atoms with Crippen LogP contribution in [0.15, 0.2) is 71.7 Å². The molecule has 0 aliphatic carbocycles. The van der Waals surface area contributed by atoms with Gasteiger partial charge in [0.15, 0.2) is 16.7 Å². The summed E-state index contributed by atoms with van der Waals surface area (Å²) in [4.78, 5) is 44.0. The molecule has 0 saturated carbocycles. The van der Waals surface area contributed by atoms with Crippen LogP contribution in [0.25, 0.3) is 0 Å². The number of amides is 2. The fraction of sp³-hybridized carbons (Fsp3) is 0.241. The SMILES string of the molecule is COC(=O)c1ccc(NC(=O)[C@H]2CC(=O)N(CCc3ccc(OC)c(OC)c3)C(=Nc3ccccc3F)S2)cc1. The molecule has 3 aromatic rings. The minimum absolute atomic E-state index is 0.0633. The van der Waals surface area contributed by atoms with Crippen molar-refractivity contribution in [3.63, 3.8) is 0 Å². The fourth-order valence-corrected chi connectivity index (χ4v) is 5.13. The number of halogens is 1. The number of carbonyl (C=O) groups is 3. The number of aliphatic imine (C=N–C) groups is 1. The maximum Gasteiger partial charge on any atom is 0.337 e. The van der Waals surface area contributed by atoms with E-state index in [1.807, 2.05) is 12.1 Å². The van der Waals surface area contributed by atoms with Crippen molar-refractivity contribution in [2.24, 2.45) is 4.99 Å². The molecule has 4 rings (SSSR count). The molecule has 1 heterocycles. The summed E-state index contributed by atoms with van der Waals surface area (Å²) in [7, 11) is 4.38. The summed E-state index contributed by atoms with van der Waals surface area (Å²) in [5, 5.41) is 2.20. The molecule has 2 amide bonds. The van der Waals surface area contributed by atoms with Crippen LogP contribution in [-0.2, 0) is 20.7 Å². The fourth-order valence-electron chi connectivity index (χ4n) is 4.01. The number of carbonyl (C=O) groups excluding carboxylic acids is 3. The third-order valence-corrected chi connectivity index (χ3v) is 7.33. The second-order valence-corrected chi connectivity index (χ2v) is 9.87. The first-order valence-electron chi connectivity index (χ1n) is 12.3. The molecule has 0 spiro atoms. The first-order chi connectivity index (χ1) is 19.3. The first kappa shape index (κ1) is 28.6. The molecule has 1 aliphatic heterocycles. The van der Waals surface area contributed by atoms with Crippen molar-refractivity contribution in [3.05, 3.63) is 83.7 Å². The Balaban J connectivity index is 1.54. The van der Waals surface area contributed by atoms with Crippen LogP contribution in [0, 0.1) is 5.82 Å². The molecule has 3 aromatic carbocycles. The number of rotatable bonds is 9. The van der Waals surface area contributed by atoms with Gasteiger partial charge >= 0.3 is 5.97 Å². The lowest BCUT2D eigenvalue weighted by molar-refractivity contribution is -0.129. The van der Waals surface area contributed by atoms with Crippen molar-refractivity contribution < 1.29 is 33.0 Å². The molecule has 0 unspecified atom stereocenters. The van der Waals surface area contributed by atoms with Crippen molar-refractivity contribution >= 4 is 46.1 Å². The summed E-state index contributed by atoms with van der Waals surface area (Å²) in [6.07, 6.45) is 0.394. The topological polar surface area (TPSA) is 107 Å². The number of thioether (sulfide) groups is 1. The van der Waals surface area contributed by atoms with Crippen molar-refractivity contribution in [2.45, 2.75) is 18.1 Å². The maximum atomic E-state index is 14.5. The highest BCUT2D eigenvalue weighted by atomic mass is 32.2. The molecule has 0 radical (unpaired) electrons. The minimum Gasteiger partial charge on any atom is -0.493 e. The molecule has 0 bridgehead atoms. The Morgan fingerprint density at radius 3 is 2.42 bits per heavy atom. The summed E-state index contributed by atoms with van der Waals surface area (Å²) in [6.45, 7) is 0.262.